The van der Waals surface area contributed by atoms with E-state index in [9.17, 15) is 4.79 Å². The first-order valence-electron chi connectivity index (χ1n) is 6.88. The maximum atomic E-state index is 12.6. The van der Waals surface area contributed by atoms with Gasteiger partial charge in [-0.2, -0.15) is 0 Å². The Balaban J connectivity index is 0.00000220. The number of piperidine rings is 1. The van der Waals surface area contributed by atoms with Crippen LogP contribution in [-0.2, 0) is 0 Å². The summed E-state index contributed by atoms with van der Waals surface area (Å²) in [5.41, 5.74) is 0.594. The number of carbonyl (C=O) groups excluding carboxylic acids is 1. The van der Waals surface area contributed by atoms with Crippen LogP contribution in [0, 0.1) is 0 Å². The molecule has 1 N–H and O–H groups in total. The molecule has 0 aromatic heterocycles. The van der Waals surface area contributed by atoms with E-state index in [1.54, 1.807) is 32.4 Å². The van der Waals surface area contributed by atoms with Gasteiger partial charge in [0, 0.05) is 25.2 Å². The largest absolute Gasteiger partial charge is 0.497 e. The summed E-state index contributed by atoms with van der Waals surface area (Å²) in [7, 11) is 5.13. The first kappa shape index (κ1) is 17.6. The third-order valence-electron chi connectivity index (χ3n) is 3.83. The molecule has 6 heteroatoms. The summed E-state index contributed by atoms with van der Waals surface area (Å²) in [6, 6.07) is 5.81. The zero-order valence-electron chi connectivity index (χ0n) is 12.7. The van der Waals surface area contributed by atoms with Gasteiger partial charge in [-0.25, -0.2) is 0 Å². The highest BCUT2D eigenvalue weighted by atomic mass is 35.5. The number of amides is 1. The lowest BCUT2D eigenvalue weighted by molar-refractivity contribution is 0.0704. The summed E-state index contributed by atoms with van der Waals surface area (Å²) in [6.45, 7) is 1.55. The molecule has 21 heavy (non-hydrogen) atoms. The molecular formula is C15H23ClN2O3. The summed E-state index contributed by atoms with van der Waals surface area (Å²) < 4.78 is 10.5. The molecule has 1 fully saturated rings. The molecule has 0 radical (unpaired) electrons. The third kappa shape index (κ3) is 4.02. The van der Waals surface area contributed by atoms with E-state index in [0.717, 1.165) is 25.9 Å². The third-order valence-corrected chi connectivity index (χ3v) is 3.83. The van der Waals surface area contributed by atoms with Gasteiger partial charge in [-0.15, -0.1) is 12.4 Å². The highest BCUT2D eigenvalue weighted by Gasteiger charge is 2.24. The molecule has 1 heterocycles. The Morgan fingerprint density at radius 2 is 1.90 bits per heavy atom. The van der Waals surface area contributed by atoms with Gasteiger partial charge < -0.3 is 19.7 Å². The number of nitrogens with zero attached hydrogens (tertiary/aromatic N) is 1. The van der Waals surface area contributed by atoms with Gasteiger partial charge in [-0.3, -0.25) is 4.79 Å². The number of benzene rings is 1. The molecule has 0 unspecified atom stereocenters. The van der Waals surface area contributed by atoms with E-state index in [1.165, 1.54) is 0 Å². The van der Waals surface area contributed by atoms with Gasteiger partial charge in [0.1, 0.15) is 11.5 Å². The lowest BCUT2D eigenvalue weighted by Crippen LogP contribution is -2.44. The van der Waals surface area contributed by atoms with Crippen LogP contribution in [0.5, 0.6) is 11.5 Å². The van der Waals surface area contributed by atoms with E-state index in [0.29, 0.717) is 23.1 Å². The van der Waals surface area contributed by atoms with Gasteiger partial charge in [0.2, 0.25) is 0 Å². The molecule has 0 bridgehead atoms. The van der Waals surface area contributed by atoms with Crippen molar-refractivity contribution in [3.63, 3.8) is 0 Å². The second-order valence-electron chi connectivity index (χ2n) is 4.92. The quantitative estimate of drug-likeness (QED) is 0.923. The van der Waals surface area contributed by atoms with Crippen molar-refractivity contribution < 1.29 is 14.3 Å². The van der Waals surface area contributed by atoms with Crippen molar-refractivity contribution in [3.05, 3.63) is 23.8 Å². The second-order valence-corrected chi connectivity index (χ2v) is 4.92. The van der Waals surface area contributed by atoms with Crippen LogP contribution in [0.1, 0.15) is 23.2 Å². The molecule has 1 aliphatic rings. The van der Waals surface area contributed by atoms with Crippen LogP contribution in [0.2, 0.25) is 0 Å². The zero-order chi connectivity index (χ0) is 14.5. The maximum absolute atomic E-state index is 12.6. The van der Waals surface area contributed by atoms with E-state index >= 15 is 0 Å². The number of methoxy groups -OCH3 is 2. The van der Waals surface area contributed by atoms with Crippen LogP contribution in [-0.4, -0.2) is 51.2 Å². The minimum atomic E-state index is 0. The van der Waals surface area contributed by atoms with E-state index in [-0.39, 0.29) is 18.3 Å². The van der Waals surface area contributed by atoms with Gasteiger partial charge in [-0.1, -0.05) is 0 Å². The average molecular weight is 315 g/mol. The number of likely N-dealkylation sites (tertiary alicyclic amines) is 1. The number of ether oxygens (including phenoxy) is 2. The van der Waals surface area contributed by atoms with Crippen LogP contribution in [0.3, 0.4) is 0 Å². The molecule has 0 atom stereocenters. The van der Waals surface area contributed by atoms with Crippen molar-refractivity contribution >= 4 is 18.3 Å². The predicted molar refractivity (Wildman–Crippen MR) is 84.8 cm³/mol. The number of hydrogen-bond donors (Lipinski definition) is 1. The van der Waals surface area contributed by atoms with Crippen molar-refractivity contribution in [1.29, 1.82) is 0 Å². The molecule has 1 aliphatic heterocycles. The molecule has 0 saturated carbocycles. The Kier molecular flexibility index (Phi) is 6.78. The highest BCUT2D eigenvalue weighted by Crippen LogP contribution is 2.26. The topological polar surface area (TPSA) is 50.8 Å². The molecule has 1 amide bonds. The summed E-state index contributed by atoms with van der Waals surface area (Å²) in [4.78, 5) is 14.4. The van der Waals surface area contributed by atoms with Crippen LogP contribution < -0.4 is 14.8 Å². The fraction of sp³-hybridized carbons (Fsp3) is 0.533. The van der Waals surface area contributed by atoms with Gasteiger partial charge in [0.15, 0.2) is 0 Å². The SMILES string of the molecule is CNC1CCN(C(=O)c2ccc(OC)cc2OC)CC1.Cl. The normalized spacial score (nSPS) is 15.3. The Hall–Kier alpha value is -1.46. The van der Waals surface area contributed by atoms with Crippen molar-refractivity contribution in [1.82, 2.24) is 10.2 Å². The Morgan fingerprint density at radius 1 is 1.24 bits per heavy atom. The Morgan fingerprint density at radius 3 is 2.43 bits per heavy atom. The smallest absolute Gasteiger partial charge is 0.257 e. The average Bonchev–Trinajstić information content (AvgIpc) is 2.53. The molecule has 118 valence electrons. The Labute approximate surface area is 132 Å². The number of hydrogen-bond acceptors (Lipinski definition) is 4. The maximum Gasteiger partial charge on any atom is 0.257 e. The van der Waals surface area contributed by atoms with Crippen LogP contribution in [0.15, 0.2) is 18.2 Å². The summed E-state index contributed by atoms with van der Waals surface area (Å²) in [6.07, 6.45) is 1.97. The number of rotatable bonds is 4. The van der Waals surface area contributed by atoms with E-state index in [4.69, 9.17) is 9.47 Å². The number of carbonyl (C=O) groups is 1. The highest BCUT2D eigenvalue weighted by molar-refractivity contribution is 5.97. The summed E-state index contributed by atoms with van der Waals surface area (Å²) in [5.74, 6) is 1.27. The fourth-order valence-electron chi connectivity index (χ4n) is 2.52. The molecule has 5 nitrogen and oxygen atoms in total. The fourth-order valence-corrected chi connectivity index (χ4v) is 2.52. The van der Waals surface area contributed by atoms with Crippen LogP contribution in [0.25, 0.3) is 0 Å². The van der Waals surface area contributed by atoms with Crippen LogP contribution >= 0.6 is 12.4 Å². The summed E-state index contributed by atoms with van der Waals surface area (Å²) in [5, 5.41) is 3.26. The van der Waals surface area contributed by atoms with E-state index in [1.807, 2.05) is 11.9 Å². The van der Waals surface area contributed by atoms with Crippen molar-refractivity contribution in [2.75, 3.05) is 34.4 Å². The molecule has 0 spiro atoms. The Bertz CT molecular complexity index is 474. The lowest BCUT2D eigenvalue weighted by atomic mass is 10.0. The first-order valence-corrected chi connectivity index (χ1v) is 6.88. The standard InChI is InChI=1S/C15H22N2O3.ClH/c1-16-11-6-8-17(9-7-11)15(18)13-5-4-12(19-2)10-14(13)20-3;/h4-5,10-11,16H,6-9H2,1-3H3;1H. The molecule has 1 aromatic rings. The van der Waals surface area contributed by atoms with Crippen molar-refractivity contribution in [2.24, 2.45) is 0 Å². The minimum Gasteiger partial charge on any atom is -0.497 e. The van der Waals surface area contributed by atoms with Gasteiger partial charge in [0.25, 0.3) is 5.91 Å². The first-order chi connectivity index (χ1) is 9.69. The second kappa shape index (κ2) is 8.10. The lowest BCUT2D eigenvalue weighted by Gasteiger charge is -2.32. The number of nitrogens with one attached hydrogen (secondary N) is 1. The van der Waals surface area contributed by atoms with Gasteiger partial charge >= 0.3 is 0 Å². The minimum absolute atomic E-state index is 0. The monoisotopic (exact) mass is 314 g/mol. The van der Waals surface area contributed by atoms with Crippen molar-refractivity contribution in [2.45, 2.75) is 18.9 Å². The molecular weight excluding hydrogens is 292 g/mol. The van der Waals surface area contributed by atoms with E-state index < -0.39 is 0 Å². The molecule has 0 aliphatic carbocycles. The number of halogens is 1. The predicted octanol–water partition coefficient (Wildman–Crippen LogP) is 1.95. The summed E-state index contributed by atoms with van der Waals surface area (Å²) >= 11 is 0. The molecule has 1 saturated heterocycles. The molecule has 1 aromatic carbocycles. The van der Waals surface area contributed by atoms with E-state index in [2.05, 4.69) is 5.32 Å². The van der Waals surface area contributed by atoms with Gasteiger partial charge in [-0.05, 0) is 32.0 Å². The van der Waals surface area contributed by atoms with Crippen LogP contribution in [0.4, 0.5) is 0 Å². The van der Waals surface area contributed by atoms with Gasteiger partial charge in [0.05, 0.1) is 19.8 Å². The van der Waals surface area contributed by atoms with Crippen molar-refractivity contribution in [3.8, 4) is 11.5 Å². The molecule has 2 rings (SSSR count). The zero-order valence-corrected chi connectivity index (χ0v) is 13.5.